The van der Waals surface area contributed by atoms with Gasteiger partial charge in [0, 0.05) is 6.20 Å². The van der Waals surface area contributed by atoms with Crippen molar-refractivity contribution < 1.29 is 28.5 Å². The highest BCUT2D eigenvalue weighted by Gasteiger charge is 2.31. The molecule has 188 valence electrons. The second-order valence-corrected chi connectivity index (χ2v) is 8.85. The van der Waals surface area contributed by atoms with E-state index in [9.17, 15) is 23.8 Å². The number of imidazole rings is 1. The summed E-state index contributed by atoms with van der Waals surface area (Å²) in [6.07, 6.45) is 0.923. The molecule has 2 atom stereocenters. The summed E-state index contributed by atoms with van der Waals surface area (Å²) in [5.41, 5.74) is 0.851. The van der Waals surface area contributed by atoms with E-state index in [1.54, 1.807) is 63.4 Å². The highest BCUT2D eigenvalue weighted by Crippen LogP contribution is 2.27. The molecule has 0 saturated carbocycles. The van der Waals surface area contributed by atoms with Crippen LogP contribution in [0.25, 0.3) is 5.65 Å². The molecule has 9 heteroatoms. The summed E-state index contributed by atoms with van der Waals surface area (Å²) in [4.78, 5) is 17.9. The molecule has 1 unspecified atom stereocenters. The third-order valence-corrected chi connectivity index (χ3v) is 6.15. The Morgan fingerprint density at radius 2 is 1.86 bits per heavy atom. The van der Waals surface area contributed by atoms with Crippen LogP contribution >= 0.6 is 0 Å². The number of aromatic nitrogens is 2. The zero-order valence-electron chi connectivity index (χ0n) is 20.1. The molecule has 0 aliphatic carbocycles. The maximum Gasteiger partial charge on any atom is 0.270 e. The van der Waals surface area contributed by atoms with Gasteiger partial charge in [-0.2, -0.15) is 0 Å². The fourth-order valence-electron chi connectivity index (χ4n) is 4.02. The predicted octanol–water partition coefficient (Wildman–Crippen LogP) is 4.19. The van der Waals surface area contributed by atoms with Crippen LogP contribution in [0, 0.1) is 18.6 Å². The van der Waals surface area contributed by atoms with E-state index in [4.69, 9.17) is 4.74 Å². The molecule has 1 amide bonds. The van der Waals surface area contributed by atoms with E-state index in [2.05, 4.69) is 10.3 Å². The van der Waals surface area contributed by atoms with Gasteiger partial charge in [0.1, 0.15) is 23.9 Å². The lowest BCUT2D eigenvalue weighted by molar-refractivity contribution is 0.0842. The molecule has 0 fully saturated rings. The Morgan fingerprint density at radius 3 is 2.53 bits per heavy atom. The predicted molar refractivity (Wildman–Crippen MR) is 130 cm³/mol. The van der Waals surface area contributed by atoms with Crippen molar-refractivity contribution in [1.29, 1.82) is 0 Å². The van der Waals surface area contributed by atoms with Crippen molar-refractivity contribution in [2.24, 2.45) is 0 Å². The lowest BCUT2D eigenvalue weighted by Gasteiger charge is -2.30. The summed E-state index contributed by atoms with van der Waals surface area (Å²) < 4.78 is 35.2. The Labute approximate surface area is 207 Å². The number of carbonyl (C=O) groups is 1. The smallest absolute Gasteiger partial charge is 0.270 e. The summed E-state index contributed by atoms with van der Waals surface area (Å²) in [7, 11) is 0. The van der Waals surface area contributed by atoms with Crippen molar-refractivity contribution in [3.63, 3.8) is 0 Å². The molecule has 3 N–H and O–H groups in total. The summed E-state index contributed by atoms with van der Waals surface area (Å²) in [5, 5.41) is 23.0. The number of hydrogen-bond acceptors (Lipinski definition) is 5. The molecular formula is C27H27F2N3O4. The number of nitrogens with one attached hydrogen (secondary N) is 1. The average molecular weight is 496 g/mol. The van der Waals surface area contributed by atoms with Crippen molar-refractivity contribution >= 4 is 11.6 Å². The number of aliphatic hydroxyl groups excluding tert-OH is 2. The number of nitrogens with zero attached hydrogens (tertiary/aromatic N) is 2. The second-order valence-electron chi connectivity index (χ2n) is 8.85. The third-order valence-electron chi connectivity index (χ3n) is 6.15. The number of halogens is 2. The number of amides is 1. The number of pyridine rings is 1. The van der Waals surface area contributed by atoms with Gasteiger partial charge in [-0.05, 0) is 56.2 Å². The van der Waals surface area contributed by atoms with Crippen LogP contribution in [0.2, 0.25) is 0 Å². The lowest BCUT2D eigenvalue weighted by atomic mass is 9.90. The summed E-state index contributed by atoms with van der Waals surface area (Å²) in [6.45, 7) is 4.23. The van der Waals surface area contributed by atoms with E-state index < -0.39 is 29.2 Å². The molecular weight excluding hydrogens is 468 g/mol. The Hall–Kier alpha value is -3.82. The van der Waals surface area contributed by atoms with Crippen molar-refractivity contribution in [1.82, 2.24) is 14.7 Å². The molecule has 7 nitrogen and oxygen atoms in total. The number of fused-ring (bicyclic) bond motifs is 1. The fraction of sp³-hybridized carbons (Fsp3) is 0.259. The van der Waals surface area contributed by atoms with E-state index in [0.717, 1.165) is 12.1 Å². The molecule has 0 saturated heterocycles. The standard InChI is InChI=1S/C27H27F2N3O4/c1-16-24(26(35)31-27(3,15-33)19-8-4-7-18(13-19)17(2)34)32-12-6-11-23(25(32)30-16)36-14-20-21(28)9-5-10-22(20)29/h4-13,17,33-34H,14-15H2,1-3H3,(H,31,35)/t17-,27?/m1/s1. The van der Waals surface area contributed by atoms with Crippen LogP contribution < -0.4 is 10.1 Å². The number of aryl methyl sites for hydroxylation is 1. The summed E-state index contributed by atoms with van der Waals surface area (Å²) >= 11 is 0. The molecule has 2 heterocycles. The number of carbonyl (C=O) groups excluding carboxylic acids is 1. The average Bonchev–Trinajstić information content (AvgIpc) is 3.20. The molecule has 2 aromatic carbocycles. The normalized spacial score (nSPS) is 13.9. The highest BCUT2D eigenvalue weighted by molar-refractivity contribution is 5.95. The Morgan fingerprint density at radius 1 is 1.17 bits per heavy atom. The van der Waals surface area contributed by atoms with Gasteiger partial charge in [-0.3, -0.25) is 9.20 Å². The molecule has 4 rings (SSSR count). The first-order valence-corrected chi connectivity index (χ1v) is 11.4. The highest BCUT2D eigenvalue weighted by atomic mass is 19.1. The number of aliphatic hydroxyl groups is 2. The Balaban J connectivity index is 1.64. The van der Waals surface area contributed by atoms with Crippen LogP contribution in [0.1, 0.15) is 52.8 Å². The van der Waals surface area contributed by atoms with Gasteiger partial charge in [0.25, 0.3) is 5.91 Å². The summed E-state index contributed by atoms with van der Waals surface area (Å²) in [5.74, 6) is -1.68. The van der Waals surface area contributed by atoms with Gasteiger partial charge in [0.2, 0.25) is 0 Å². The largest absolute Gasteiger partial charge is 0.485 e. The van der Waals surface area contributed by atoms with Crippen LogP contribution in [0.4, 0.5) is 8.78 Å². The molecule has 4 aromatic rings. The van der Waals surface area contributed by atoms with Gasteiger partial charge >= 0.3 is 0 Å². The van der Waals surface area contributed by atoms with Crippen molar-refractivity contribution in [2.75, 3.05) is 6.61 Å². The summed E-state index contributed by atoms with van der Waals surface area (Å²) in [6, 6.07) is 13.8. The molecule has 0 aliphatic rings. The van der Waals surface area contributed by atoms with Crippen LogP contribution in [-0.2, 0) is 12.1 Å². The number of hydrogen-bond donors (Lipinski definition) is 3. The van der Waals surface area contributed by atoms with Gasteiger partial charge in [0.05, 0.1) is 29.5 Å². The second kappa shape index (κ2) is 10.0. The number of rotatable bonds is 8. The van der Waals surface area contributed by atoms with Crippen LogP contribution in [0.3, 0.4) is 0 Å². The fourth-order valence-corrected chi connectivity index (χ4v) is 4.02. The van der Waals surface area contributed by atoms with Gasteiger partial charge in [0.15, 0.2) is 11.4 Å². The minimum Gasteiger partial charge on any atom is -0.485 e. The van der Waals surface area contributed by atoms with Crippen molar-refractivity contribution in [3.8, 4) is 5.75 Å². The van der Waals surface area contributed by atoms with E-state index in [-0.39, 0.29) is 30.2 Å². The van der Waals surface area contributed by atoms with E-state index in [1.807, 2.05) is 0 Å². The Kier molecular flexibility index (Phi) is 7.05. The molecule has 36 heavy (non-hydrogen) atoms. The number of benzene rings is 2. The Bertz CT molecular complexity index is 1400. The minimum absolute atomic E-state index is 0.209. The van der Waals surface area contributed by atoms with E-state index in [0.29, 0.717) is 22.5 Å². The monoisotopic (exact) mass is 495 g/mol. The van der Waals surface area contributed by atoms with E-state index in [1.165, 1.54) is 10.5 Å². The maximum atomic E-state index is 14.0. The van der Waals surface area contributed by atoms with Gasteiger partial charge < -0.3 is 20.3 Å². The lowest BCUT2D eigenvalue weighted by Crippen LogP contribution is -2.46. The van der Waals surface area contributed by atoms with Gasteiger partial charge in [-0.25, -0.2) is 13.8 Å². The molecule has 0 spiro atoms. The van der Waals surface area contributed by atoms with Crippen molar-refractivity contribution in [2.45, 2.75) is 39.0 Å². The SMILES string of the molecule is Cc1nc2c(OCc3c(F)cccc3F)cccn2c1C(=O)NC(C)(CO)c1cccc([C@@H](C)O)c1. The van der Waals surface area contributed by atoms with Gasteiger partial charge in [-0.15, -0.1) is 0 Å². The maximum absolute atomic E-state index is 14.0. The third kappa shape index (κ3) is 4.80. The molecule has 2 aromatic heterocycles. The van der Waals surface area contributed by atoms with Crippen molar-refractivity contribution in [3.05, 3.63) is 101 Å². The quantitative estimate of drug-likeness (QED) is 0.341. The first-order valence-electron chi connectivity index (χ1n) is 11.4. The topological polar surface area (TPSA) is 96.1 Å². The van der Waals surface area contributed by atoms with Gasteiger partial charge in [-0.1, -0.05) is 30.3 Å². The molecule has 0 bridgehead atoms. The zero-order chi connectivity index (χ0) is 26.0. The molecule has 0 radical (unpaired) electrons. The first kappa shape index (κ1) is 25.3. The van der Waals surface area contributed by atoms with Crippen LogP contribution in [0.15, 0.2) is 60.8 Å². The minimum atomic E-state index is -1.14. The van der Waals surface area contributed by atoms with E-state index >= 15 is 0 Å². The molecule has 0 aliphatic heterocycles. The zero-order valence-corrected chi connectivity index (χ0v) is 20.1. The number of ether oxygens (including phenoxy) is 1. The van der Waals surface area contributed by atoms with Crippen LogP contribution in [-0.4, -0.2) is 32.1 Å². The van der Waals surface area contributed by atoms with Crippen LogP contribution in [0.5, 0.6) is 5.75 Å². The first-order chi connectivity index (χ1) is 17.1.